The molecule has 5 nitrogen and oxygen atoms in total. The summed E-state index contributed by atoms with van der Waals surface area (Å²) in [4.78, 5) is 6.71. The zero-order valence-corrected chi connectivity index (χ0v) is 14.4. The molecule has 128 valence electrons. The molecular weight excluding hydrogens is 300 g/mol. The summed E-state index contributed by atoms with van der Waals surface area (Å²) in [5, 5.41) is 4.88. The quantitative estimate of drug-likeness (QED) is 0.785. The van der Waals surface area contributed by atoms with Crippen LogP contribution in [0.25, 0.3) is 0 Å². The molecule has 1 aliphatic carbocycles. The standard InChI is InChI=1S/C19H26N4O/c1-2-24-14-17-11-22(9-16-4-3-7-20-8-16)13-19-18(17)12-23(21-19)10-15-5-6-15/h3-4,7-8,12,15,17H,2,5-6,9-11,13-14H2,1H3/t17-/m1/s1. The van der Waals surface area contributed by atoms with E-state index < -0.39 is 0 Å². The molecule has 1 atom stereocenters. The van der Waals surface area contributed by atoms with E-state index in [1.54, 1.807) is 0 Å². The van der Waals surface area contributed by atoms with Crippen LogP contribution >= 0.6 is 0 Å². The first-order valence-corrected chi connectivity index (χ1v) is 9.07. The topological polar surface area (TPSA) is 43.2 Å². The summed E-state index contributed by atoms with van der Waals surface area (Å²) in [6, 6.07) is 4.15. The van der Waals surface area contributed by atoms with Gasteiger partial charge in [0.05, 0.1) is 12.3 Å². The van der Waals surface area contributed by atoms with Crippen molar-refractivity contribution in [1.29, 1.82) is 0 Å². The molecule has 3 heterocycles. The van der Waals surface area contributed by atoms with E-state index in [2.05, 4.69) is 33.8 Å². The Balaban J connectivity index is 1.51. The van der Waals surface area contributed by atoms with Crippen LogP contribution in [0.15, 0.2) is 30.7 Å². The van der Waals surface area contributed by atoms with E-state index in [9.17, 15) is 0 Å². The molecule has 1 saturated carbocycles. The summed E-state index contributed by atoms with van der Waals surface area (Å²) in [6.07, 6.45) is 8.78. The second kappa shape index (κ2) is 7.03. The van der Waals surface area contributed by atoms with Gasteiger partial charge in [0.25, 0.3) is 0 Å². The third kappa shape index (κ3) is 3.68. The monoisotopic (exact) mass is 326 g/mol. The molecule has 0 unspecified atom stereocenters. The highest BCUT2D eigenvalue weighted by molar-refractivity contribution is 5.26. The average Bonchev–Trinajstić information content (AvgIpc) is 3.31. The van der Waals surface area contributed by atoms with Gasteiger partial charge in [0, 0.05) is 62.9 Å². The Morgan fingerprint density at radius 1 is 1.33 bits per heavy atom. The zero-order chi connectivity index (χ0) is 16.4. The lowest BCUT2D eigenvalue weighted by atomic mass is 9.95. The van der Waals surface area contributed by atoms with E-state index in [0.29, 0.717) is 5.92 Å². The van der Waals surface area contributed by atoms with Gasteiger partial charge in [-0.05, 0) is 37.3 Å². The lowest BCUT2D eigenvalue weighted by Gasteiger charge is -2.31. The smallest absolute Gasteiger partial charge is 0.0801 e. The van der Waals surface area contributed by atoms with Crippen LogP contribution in [0.2, 0.25) is 0 Å². The molecule has 0 amide bonds. The second-order valence-corrected chi connectivity index (χ2v) is 7.08. The molecule has 24 heavy (non-hydrogen) atoms. The van der Waals surface area contributed by atoms with Gasteiger partial charge in [-0.2, -0.15) is 5.10 Å². The fourth-order valence-electron chi connectivity index (χ4n) is 3.56. The van der Waals surface area contributed by atoms with E-state index >= 15 is 0 Å². The molecule has 0 radical (unpaired) electrons. The van der Waals surface area contributed by atoms with E-state index in [1.165, 1.54) is 29.7 Å². The Labute approximate surface area is 143 Å². The maximum atomic E-state index is 5.76. The van der Waals surface area contributed by atoms with Gasteiger partial charge in [-0.1, -0.05) is 6.07 Å². The van der Waals surface area contributed by atoms with Crippen LogP contribution in [-0.2, 0) is 24.4 Å². The largest absolute Gasteiger partial charge is 0.381 e. The van der Waals surface area contributed by atoms with Gasteiger partial charge in [0.1, 0.15) is 0 Å². The van der Waals surface area contributed by atoms with Crippen molar-refractivity contribution in [2.45, 2.75) is 45.3 Å². The first-order chi connectivity index (χ1) is 11.8. The fraction of sp³-hybridized carbons (Fsp3) is 0.579. The third-order valence-electron chi connectivity index (χ3n) is 4.96. The summed E-state index contributed by atoms with van der Waals surface area (Å²) < 4.78 is 7.93. The van der Waals surface area contributed by atoms with Gasteiger partial charge in [0.15, 0.2) is 0 Å². The van der Waals surface area contributed by atoms with Crippen molar-refractivity contribution >= 4 is 0 Å². The summed E-state index contributed by atoms with van der Waals surface area (Å²) in [5.74, 6) is 1.27. The number of hydrogen-bond acceptors (Lipinski definition) is 4. The average molecular weight is 326 g/mol. The number of nitrogens with zero attached hydrogens (tertiary/aromatic N) is 4. The van der Waals surface area contributed by atoms with Crippen LogP contribution in [0, 0.1) is 5.92 Å². The summed E-state index contributed by atoms with van der Waals surface area (Å²) in [6.45, 7) is 7.56. The highest BCUT2D eigenvalue weighted by Crippen LogP contribution is 2.33. The molecule has 2 aromatic rings. The van der Waals surface area contributed by atoms with Crippen LogP contribution in [0.4, 0.5) is 0 Å². The second-order valence-electron chi connectivity index (χ2n) is 7.08. The Kier molecular flexibility index (Phi) is 4.63. The number of aromatic nitrogens is 3. The Hall–Kier alpha value is -1.72. The number of ether oxygens (including phenoxy) is 1. The minimum absolute atomic E-state index is 0.415. The normalized spacial score (nSPS) is 21.0. The first kappa shape index (κ1) is 15.8. The van der Waals surface area contributed by atoms with Crippen molar-refractivity contribution in [3.05, 3.63) is 47.5 Å². The fourth-order valence-corrected chi connectivity index (χ4v) is 3.56. The molecule has 4 rings (SSSR count). The van der Waals surface area contributed by atoms with Crippen molar-refractivity contribution in [1.82, 2.24) is 19.7 Å². The summed E-state index contributed by atoms with van der Waals surface area (Å²) >= 11 is 0. The highest BCUT2D eigenvalue weighted by Gasteiger charge is 2.30. The Morgan fingerprint density at radius 3 is 3.00 bits per heavy atom. The molecule has 1 aliphatic heterocycles. The van der Waals surface area contributed by atoms with E-state index in [1.807, 2.05) is 18.5 Å². The Bertz CT molecular complexity index is 665. The van der Waals surface area contributed by atoms with Crippen LogP contribution in [0.5, 0.6) is 0 Å². The van der Waals surface area contributed by atoms with Crippen molar-refractivity contribution in [2.24, 2.45) is 5.92 Å². The van der Waals surface area contributed by atoms with Gasteiger partial charge >= 0.3 is 0 Å². The predicted octanol–water partition coefficient (Wildman–Crippen LogP) is 2.82. The maximum absolute atomic E-state index is 5.76. The van der Waals surface area contributed by atoms with Gasteiger partial charge in [-0.3, -0.25) is 14.6 Å². The molecule has 0 bridgehead atoms. The summed E-state index contributed by atoms with van der Waals surface area (Å²) in [7, 11) is 0. The van der Waals surface area contributed by atoms with Crippen LogP contribution in [-0.4, -0.2) is 39.4 Å². The number of rotatable bonds is 7. The molecule has 0 saturated heterocycles. The highest BCUT2D eigenvalue weighted by atomic mass is 16.5. The lowest BCUT2D eigenvalue weighted by molar-refractivity contribution is 0.105. The van der Waals surface area contributed by atoms with Crippen LogP contribution in [0.3, 0.4) is 0 Å². The molecule has 5 heteroatoms. The SMILES string of the molecule is CCOC[C@H]1CN(Cc2cccnc2)Cc2nn(CC3CC3)cc21. The molecular formula is C19H26N4O. The van der Waals surface area contributed by atoms with Crippen molar-refractivity contribution in [2.75, 3.05) is 19.8 Å². The molecule has 0 spiro atoms. The first-order valence-electron chi connectivity index (χ1n) is 9.07. The zero-order valence-electron chi connectivity index (χ0n) is 14.4. The number of pyridine rings is 1. The number of fused-ring (bicyclic) bond motifs is 1. The van der Waals surface area contributed by atoms with Crippen LogP contribution < -0.4 is 0 Å². The van der Waals surface area contributed by atoms with Gasteiger partial charge in [-0.25, -0.2) is 0 Å². The molecule has 2 aliphatic rings. The van der Waals surface area contributed by atoms with Crippen LogP contribution in [0.1, 0.15) is 42.5 Å². The van der Waals surface area contributed by atoms with E-state index in [-0.39, 0.29) is 0 Å². The molecule has 0 aromatic carbocycles. The van der Waals surface area contributed by atoms with Crippen molar-refractivity contribution in [3.8, 4) is 0 Å². The van der Waals surface area contributed by atoms with E-state index in [4.69, 9.17) is 9.84 Å². The Morgan fingerprint density at radius 2 is 2.25 bits per heavy atom. The molecule has 2 aromatic heterocycles. The maximum Gasteiger partial charge on any atom is 0.0801 e. The van der Waals surface area contributed by atoms with E-state index in [0.717, 1.165) is 45.3 Å². The molecule has 1 fully saturated rings. The minimum atomic E-state index is 0.415. The number of hydrogen-bond donors (Lipinski definition) is 0. The minimum Gasteiger partial charge on any atom is -0.381 e. The summed E-state index contributed by atoms with van der Waals surface area (Å²) in [5.41, 5.74) is 3.88. The van der Waals surface area contributed by atoms with Gasteiger partial charge in [-0.15, -0.1) is 0 Å². The predicted molar refractivity (Wildman–Crippen MR) is 92.5 cm³/mol. The van der Waals surface area contributed by atoms with Crippen molar-refractivity contribution in [3.63, 3.8) is 0 Å². The van der Waals surface area contributed by atoms with Crippen molar-refractivity contribution < 1.29 is 4.74 Å². The third-order valence-corrected chi connectivity index (χ3v) is 4.96. The lowest BCUT2D eigenvalue weighted by Crippen LogP contribution is -2.34. The van der Waals surface area contributed by atoms with Gasteiger partial charge < -0.3 is 4.74 Å². The van der Waals surface area contributed by atoms with Gasteiger partial charge in [0.2, 0.25) is 0 Å². The molecule has 0 N–H and O–H groups in total.